The van der Waals surface area contributed by atoms with Crippen molar-refractivity contribution in [2.45, 2.75) is 0 Å². The molecule has 0 saturated carbocycles. The Kier molecular flexibility index (Phi) is 3.34. The first kappa shape index (κ1) is 11.1. The van der Waals surface area contributed by atoms with Crippen molar-refractivity contribution in [3.05, 3.63) is 48.5 Å². The van der Waals surface area contributed by atoms with Gasteiger partial charge in [-0.15, -0.1) is 0 Å². The Morgan fingerprint density at radius 1 is 1.00 bits per heavy atom. The van der Waals surface area contributed by atoms with Crippen LogP contribution in [0, 0.1) is 0 Å². The van der Waals surface area contributed by atoms with Crippen LogP contribution in [-0.2, 0) is 4.79 Å². The lowest BCUT2D eigenvalue weighted by atomic mass is 10.0. The van der Waals surface area contributed by atoms with Crippen molar-refractivity contribution >= 4 is 11.8 Å². The van der Waals surface area contributed by atoms with Gasteiger partial charge in [0.15, 0.2) is 0 Å². The molecule has 0 bridgehead atoms. The van der Waals surface area contributed by atoms with Crippen LogP contribution in [0.4, 0.5) is 5.69 Å². The number of hydrogen-bond donors (Lipinski definition) is 0. The fourth-order valence-corrected chi connectivity index (χ4v) is 1.72. The molecule has 0 amide bonds. The summed E-state index contributed by atoms with van der Waals surface area (Å²) in [6.45, 7) is 0. The number of nitrogens with zero attached hydrogens (tertiary/aromatic N) is 1. The number of rotatable bonds is 3. The van der Waals surface area contributed by atoms with Crippen LogP contribution in [0.25, 0.3) is 11.1 Å². The van der Waals surface area contributed by atoms with E-state index in [1.54, 1.807) is 19.3 Å². The zero-order chi connectivity index (χ0) is 12.1. The summed E-state index contributed by atoms with van der Waals surface area (Å²) in [4.78, 5) is 14.1. The topological polar surface area (TPSA) is 38.7 Å². The van der Waals surface area contributed by atoms with E-state index in [0.717, 1.165) is 16.9 Å². The first-order chi connectivity index (χ1) is 8.36. The molecule has 0 fully saturated rings. The van der Waals surface area contributed by atoms with Gasteiger partial charge < -0.3 is 4.74 Å². The predicted octanol–water partition coefficient (Wildman–Crippen LogP) is 3.33. The Hall–Kier alpha value is -2.38. The largest absolute Gasteiger partial charge is 0.496 e. The Bertz CT molecular complexity index is 572. The molecule has 0 spiro atoms. The molecule has 0 N–H and O–H groups in total. The van der Waals surface area contributed by atoms with Crippen LogP contribution in [-0.4, -0.2) is 13.2 Å². The molecule has 0 radical (unpaired) electrons. The maximum atomic E-state index is 10.4. The number of ether oxygens (including phenoxy) is 1. The Morgan fingerprint density at radius 3 is 2.35 bits per heavy atom. The third-order valence-electron chi connectivity index (χ3n) is 2.47. The molecule has 3 nitrogen and oxygen atoms in total. The number of aliphatic imine (C=N–C) groups is 1. The lowest BCUT2D eigenvalue weighted by Crippen LogP contribution is -1.87. The van der Waals surface area contributed by atoms with E-state index >= 15 is 0 Å². The fourth-order valence-electron chi connectivity index (χ4n) is 1.72. The molecule has 2 rings (SSSR count). The highest BCUT2D eigenvalue weighted by Gasteiger charge is 2.08. The molecular formula is C14H11NO2. The third-order valence-corrected chi connectivity index (χ3v) is 2.47. The minimum absolute atomic E-state index is 0.590. The molecule has 3 heteroatoms. The van der Waals surface area contributed by atoms with Crippen molar-refractivity contribution < 1.29 is 9.53 Å². The summed E-state index contributed by atoms with van der Waals surface area (Å²) >= 11 is 0. The smallest absolute Gasteiger partial charge is 0.240 e. The van der Waals surface area contributed by atoms with Crippen LogP contribution in [0.3, 0.4) is 0 Å². The Morgan fingerprint density at radius 2 is 1.65 bits per heavy atom. The summed E-state index contributed by atoms with van der Waals surface area (Å²) in [5, 5.41) is 0. The van der Waals surface area contributed by atoms with Gasteiger partial charge in [-0.05, 0) is 12.1 Å². The highest BCUT2D eigenvalue weighted by Crippen LogP contribution is 2.35. The van der Waals surface area contributed by atoms with Crippen molar-refractivity contribution in [2.24, 2.45) is 4.99 Å². The maximum absolute atomic E-state index is 10.4. The molecule has 2 aromatic carbocycles. The van der Waals surface area contributed by atoms with E-state index < -0.39 is 0 Å². The van der Waals surface area contributed by atoms with Crippen molar-refractivity contribution in [2.75, 3.05) is 7.11 Å². The van der Waals surface area contributed by atoms with Gasteiger partial charge in [-0.2, -0.15) is 4.99 Å². The van der Waals surface area contributed by atoms with E-state index in [4.69, 9.17) is 4.74 Å². The Labute approximate surface area is 99.4 Å². The van der Waals surface area contributed by atoms with Gasteiger partial charge in [0.2, 0.25) is 6.08 Å². The molecule has 0 aliphatic heterocycles. The number of para-hydroxylation sites is 2. The van der Waals surface area contributed by atoms with Crippen molar-refractivity contribution in [3.8, 4) is 16.9 Å². The van der Waals surface area contributed by atoms with Gasteiger partial charge in [-0.3, -0.25) is 0 Å². The van der Waals surface area contributed by atoms with Gasteiger partial charge in [0, 0.05) is 11.1 Å². The van der Waals surface area contributed by atoms with E-state index in [1.165, 1.54) is 0 Å². The van der Waals surface area contributed by atoms with Crippen LogP contribution in [0.15, 0.2) is 53.5 Å². The normalized spacial score (nSPS) is 9.47. The fraction of sp³-hybridized carbons (Fsp3) is 0.0714. The highest BCUT2D eigenvalue weighted by molar-refractivity contribution is 5.81. The van der Waals surface area contributed by atoms with Gasteiger partial charge in [-0.25, -0.2) is 4.79 Å². The molecular weight excluding hydrogens is 214 g/mol. The van der Waals surface area contributed by atoms with E-state index in [1.807, 2.05) is 42.5 Å². The summed E-state index contributed by atoms with van der Waals surface area (Å²) < 4.78 is 5.29. The number of methoxy groups -OCH3 is 1. The Balaban J connectivity index is 2.63. The minimum atomic E-state index is 0.590. The lowest BCUT2D eigenvalue weighted by molar-refractivity contribution is 0.416. The van der Waals surface area contributed by atoms with E-state index in [-0.39, 0.29) is 0 Å². The van der Waals surface area contributed by atoms with Gasteiger partial charge >= 0.3 is 0 Å². The summed E-state index contributed by atoms with van der Waals surface area (Å²) in [7, 11) is 1.62. The van der Waals surface area contributed by atoms with Crippen molar-refractivity contribution in [1.82, 2.24) is 0 Å². The average Bonchev–Trinajstić information content (AvgIpc) is 2.40. The molecule has 0 saturated heterocycles. The van der Waals surface area contributed by atoms with Crippen LogP contribution >= 0.6 is 0 Å². The standard InChI is InChI=1S/C14H11NO2/c1-17-14-9-5-3-7-12(14)11-6-2-4-8-13(11)15-10-16/h2-9H,1H3. The zero-order valence-electron chi connectivity index (χ0n) is 9.38. The van der Waals surface area contributed by atoms with Crippen molar-refractivity contribution in [1.29, 1.82) is 0 Å². The van der Waals surface area contributed by atoms with Gasteiger partial charge in [-0.1, -0.05) is 36.4 Å². The molecule has 17 heavy (non-hydrogen) atoms. The lowest BCUT2D eigenvalue weighted by Gasteiger charge is -2.09. The van der Waals surface area contributed by atoms with Crippen LogP contribution in [0.2, 0.25) is 0 Å². The first-order valence-electron chi connectivity index (χ1n) is 5.17. The third kappa shape index (κ3) is 2.25. The quantitative estimate of drug-likeness (QED) is 0.593. The molecule has 2 aromatic rings. The molecule has 0 aromatic heterocycles. The number of hydrogen-bond acceptors (Lipinski definition) is 3. The molecule has 0 atom stereocenters. The SMILES string of the molecule is COc1ccccc1-c1ccccc1N=C=O. The van der Waals surface area contributed by atoms with E-state index in [9.17, 15) is 4.79 Å². The molecule has 0 unspecified atom stereocenters. The maximum Gasteiger partial charge on any atom is 0.240 e. The van der Waals surface area contributed by atoms with Crippen molar-refractivity contribution in [3.63, 3.8) is 0 Å². The van der Waals surface area contributed by atoms with Crippen LogP contribution < -0.4 is 4.74 Å². The van der Waals surface area contributed by atoms with Gasteiger partial charge in [0.25, 0.3) is 0 Å². The highest BCUT2D eigenvalue weighted by atomic mass is 16.5. The van der Waals surface area contributed by atoms with Gasteiger partial charge in [0.1, 0.15) is 5.75 Å². The summed E-state index contributed by atoms with van der Waals surface area (Å²) in [6.07, 6.45) is 1.57. The number of isocyanates is 1. The summed E-state index contributed by atoms with van der Waals surface area (Å²) in [6, 6.07) is 15.0. The monoisotopic (exact) mass is 225 g/mol. The predicted molar refractivity (Wildman–Crippen MR) is 66.2 cm³/mol. The second kappa shape index (κ2) is 5.10. The summed E-state index contributed by atoms with van der Waals surface area (Å²) in [5.41, 5.74) is 2.35. The molecule has 0 aliphatic carbocycles. The average molecular weight is 225 g/mol. The van der Waals surface area contributed by atoms with E-state index in [2.05, 4.69) is 4.99 Å². The van der Waals surface area contributed by atoms with Crippen LogP contribution in [0.5, 0.6) is 5.75 Å². The summed E-state index contributed by atoms with van der Waals surface area (Å²) in [5.74, 6) is 0.751. The van der Waals surface area contributed by atoms with Gasteiger partial charge in [0.05, 0.1) is 12.8 Å². The second-order valence-electron chi connectivity index (χ2n) is 3.42. The van der Waals surface area contributed by atoms with Crippen LogP contribution in [0.1, 0.15) is 0 Å². The zero-order valence-corrected chi connectivity index (χ0v) is 9.38. The number of carbonyl (C=O) groups excluding carboxylic acids is 1. The molecule has 84 valence electrons. The number of benzene rings is 2. The van der Waals surface area contributed by atoms with E-state index in [0.29, 0.717) is 5.69 Å². The molecule has 0 heterocycles. The minimum Gasteiger partial charge on any atom is -0.496 e. The molecule has 0 aliphatic rings. The second-order valence-corrected chi connectivity index (χ2v) is 3.42. The first-order valence-corrected chi connectivity index (χ1v) is 5.17.